The zero-order valence-corrected chi connectivity index (χ0v) is 11.6. The standard InChI is InChI=1S/C13H22O5/c1-7-9(8-6-14-12(2,3)16-8)15-11-10(7)17-13(4,5)18-11/h7-11H,6H2,1-5H3/t7-,8?,9+,10?,11-/m0/s1. The zero-order chi connectivity index (χ0) is 13.1. The predicted molar refractivity (Wildman–Crippen MR) is 62.8 cm³/mol. The Balaban J connectivity index is 1.68. The summed E-state index contributed by atoms with van der Waals surface area (Å²) >= 11 is 0. The molecule has 5 atom stereocenters. The van der Waals surface area contributed by atoms with Crippen molar-refractivity contribution in [2.45, 2.75) is 70.8 Å². The number of rotatable bonds is 1. The van der Waals surface area contributed by atoms with Gasteiger partial charge in [-0.3, -0.25) is 0 Å². The van der Waals surface area contributed by atoms with Crippen molar-refractivity contribution in [1.29, 1.82) is 0 Å². The Kier molecular flexibility index (Phi) is 2.78. The van der Waals surface area contributed by atoms with Gasteiger partial charge in [0.05, 0.1) is 12.7 Å². The van der Waals surface area contributed by atoms with Gasteiger partial charge in [0, 0.05) is 5.92 Å². The van der Waals surface area contributed by atoms with E-state index in [1.165, 1.54) is 0 Å². The lowest BCUT2D eigenvalue weighted by Gasteiger charge is -2.27. The SMILES string of the molecule is C[C@@H]1C2OC(C)(C)O[C@@H]2O[C@H]1C1COC(C)(C)O1. The van der Waals surface area contributed by atoms with Gasteiger partial charge in [-0.25, -0.2) is 0 Å². The highest BCUT2D eigenvalue weighted by atomic mass is 16.8. The summed E-state index contributed by atoms with van der Waals surface area (Å²) in [6.07, 6.45) is -0.376. The minimum atomic E-state index is -0.555. The van der Waals surface area contributed by atoms with Crippen molar-refractivity contribution in [3.8, 4) is 0 Å². The summed E-state index contributed by atoms with van der Waals surface area (Å²) in [7, 11) is 0. The summed E-state index contributed by atoms with van der Waals surface area (Å²) < 4.78 is 29.0. The average Bonchev–Trinajstić information content (AvgIpc) is 2.81. The fourth-order valence-electron chi connectivity index (χ4n) is 2.99. The molecular formula is C13H22O5. The predicted octanol–water partition coefficient (Wildman–Crippen LogP) is 1.65. The molecule has 0 aliphatic carbocycles. The van der Waals surface area contributed by atoms with Crippen LogP contribution in [0.1, 0.15) is 34.6 Å². The minimum Gasteiger partial charge on any atom is -0.348 e. The summed E-state index contributed by atoms with van der Waals surface area (Å²) in [5.74, 6) is -0.841. The van der Waals surface area contributed by atoms with Gasteiger partial charge in [-0.1, -0.05) is 6.92 Å². The van der Waals surface area contributed by atoms with Crippen molar-refractivity contribution in [3.63, 3.8) is 0 Å². The fraction of sp³-hybridized carbons (Fsp3) is 1.00. The van der Waals surface area contributed by atoms with Crippen LogP contribution in [0.15, 0.2) is 0 Å². The second kappa shape index (κ2) is 3.90. The highest BCUT2D eigenvalue weighted by Gasteiger charge is 2.56. The first-order valence-corrected chi connectivity index (χ1v) is 6.60. The molecule has 0 radical (unpaired) electrons. The Morgan fingerprint density at radius 3 is 2.17 bits per heavy atom. The van der Waals surface area contributed by atoms with Gasteiger partial charge in [0.15, 0.2) is 17.9 Å². The van der Waals surface area contributed by atoms with Crippen LogP contribution in [-0.2, 0) is 23.7 Å². The van der Waals surface area contributed by atoms with Crippen LogP contribution < -0.4 is 0 Å². The lowest BCUT2D eigenvalue weighted by atomic mass is 9.97. The molecule has 3 saturated heterocycles. The van der Waals surface area contributed by atoms with Crippen LogP contribution in [0.2, 0.25) is 0 Å². The second-order valence-corrected chi connectivity index (χ2v) is 6.30. The molecule has 3 aliphatic heterocycles. The van der Waals surface area contributed by atoms with Crippen LogP contribution >= 0.6 is 0 Å². The molecule has 0 amide bonds. The van der Waals surface area contributed by atoms with Crippen LogP contribution in [0.4, 0.5) is 0 Å². The van der Waals surface area contributed by atoms with Crippen LogP contribution in [0.25, 0.3) is 0 Å². The van der Waals surface area contributed by atoms with Crippen molar-refractivity contribution < 1.29 is 23.7 Å². The van der Waals surface area contributed by atoms with Gasteiger partial charge in [-0.2, -0.15) is 0 Å². The molecule has 3 fully saturated rings. The molecule has 3 aliphatic rings. The number of hydrogen-bond donors (Lipinski definition) is 0. The van der Waals surface area contributed by atoms with E-state index in [1.807, 2.05) is 27.7 Å². The summed E-state index contributed by atoms with van der Waals surface area (Å²) in [6, 6.07) is 0. The molecule has 0 aromatic heterocycles. The van der Waals surface area contributed by atoms with E-state index in [-0.39, 0.29) is 30.5 Å². The number of ether oxygens (including phenoxy) is 5. The van der Waals surface area contributed by atoms with Gasteiger partial charge < -0.3 is 23.7 Å². The third-order valence-electron chi connectivity index (χ3n) is 3.81. The highest BCUT2D eigenvalue weighted by molar-refractivity contribution is 4.95. The van der Waals surface area contributed by atoms with Gasteiger partial charge in [0.1, 0.15) is 12.2 Å². The van der Waals surface area contributed by atoms with E-state index in [0.717, 1.165) is 0 Å². The third kappa shape index (κ3) is 2.08. The highest BCUT2D eigenvalue weighted by Crippen LogP contribution is 2.43. The van der Waals surface area contributed by atoms with Crippen molar-refractivity contribution in [3.05, 3.63) is 0 Å². The van der Waals surface area contributed by atoms with Gasteiger partial charge in [-0.15, -0.1) is 0 Å². The molecule has 3 rings (SSSR count). The first-order valence-electron chi connectivity index (χ1n) is 6.60. The van der Waals surface area contributed by atoms with E-state index in [4.69, 9.17) is 23.7 Å². The first kappa shape index (κ1) is 12.8. The lowest BCUT2D eigenvalue weighted by Crippen LogP contribution is -2.37. The smallest absolute Gasteiger partial charge is 0.187 e. The second-order valence-electron chi connectivity index (χ2n) is 6.30. The molecule has 5 nitrogen and oxygen atoms in total. The molecule has 0 aromatic carbocycles. The fourth-order valence-corrected chi connectivity index (χ4v) is 2.99. The molecule has 0 N–H and O–H groups in total. The van der Waals surface area contributed by atoms with Gasteiger partial charge in [0.2, 0.25) is 0 Å². The Labute approximate surface area is 108 Å². The molecule has 104 valence electrons. The van der Waals surface area contributed by atoms with Crippen LogP contribution in [0.3, 0.4) is 0 Å². The third-order valence-corrected chi connectivity index (χ3v) is 3.81. The van der Waals surface area contributed by atoms with Crippen molar-refractivity contribution in [2.75, 3.05) is 6.61 Å². The summed E-state index contributed by atoms with van der Waals surface area (Å²) in [6.45, 7) is 10.3. The van der Waals surface area contributed by atoms with E-state index in [9.17, 15) is 0 Å². The molecule has 0 aromatic rings. The summed E-state index contributed by atoms with van der Waals surface area (Å²) in [5, 5.41) is 0. The quantitative estimate of drug-likeness (QED) is 0.715. The van der Waals surface area contributed by atoms with Gasteiger partial charge in [-0.05, 0) is 27.7 Å². The van der Waals surface area contributed by atoms with E-state index >= 15 is 0 Å². The molecule has 2 unspecified atom stereocenters. The lowest BCUT2D eigenvalue weighted by molar-refractivity contribution is -0.226. The van der Waals surface area contributed by atoms with Crippen LogP contribution in [0, 0.1) is 5.92 Å². The van der Waals surface area contributed by atoms with Crippen molar-refractivity contribution in [2.24, 2.45) is 5.92 Å². The maximum atomic E-state index is 5.96. The van der Waals surface area contributed by atoms with E-state index < -0.39 is 11.6 Å². The van der Waals surface area contributed by atoms with E-state index in [1.54, 1.807) is 0 Å². The molecule has 0 saturated carbocycles. The largest absolute Gasteiger partial charge is 0.348 e. The first-order chi connectivity index (χ1) is 8.27. The molecule has 0 bridgehead atoms. The molecule has 0 spiro atoms. The maximum absolute atomic E-state index is 5.96. The Hall–Kier alpha value is -0.200. The van der Waals surface area contributed by atoms with Crippen molar-refractivity contribution >= 4 is 0 Å². The number of fused-ring (bicyclic) bond motifs is 1. The average molecular weight is 258 g/mol. The van der Waals surface area contributed by atoms with E-state index in [2.05, 4.69) is 6.92 Å². The minimum absolute atomic E-state index is 0.0164. The van der Waals surface area contributed by atoms with Gasteiger partial charge >= 0.3 is 0 Å². The number of hydrogen-bond acceptors (Lipinski definition) is 5. The Morgan fingerprint density at radius 1 is 0.889 bits per heavy atom. The summed E-state index contributed by atoms with van der Waals surface area (Å²) in [5.41, 5.74) is 0. The van der Waals surface area contributed by atoms with Gasteiger partial charge in [0.25, 0.3) is 0 Å². The topological polar surface area (TPSA) is 46.2 Å². The Morgan fingerprint density at radius 2 is 1.61 bits per heavy atom. The van der Waals surface area contributed by atoms with Crippen LogP contribution in [0.5, 0.6) is 0 Å². The molecule has 3 heterocycles. The molecular weight excluding hydrogens is 236 g/mol. The van der Waals surface area contributed by atoms with E-state index in [0.29, 0.717) is 6.61 Å². The van der Waals surface area contributed by atoms with Crippen LogP contribution in [-0.4, -0.2) is 42.8 Å². The summed E-state index contributed by atoms with van der Waals surface area (Å²) in [4.78, 5) is 0. The molecule has 18 heavy (non-hydrogen) atoms. The molecule has 5 heteroatoms. The Bertz CT molecular complexity index is 340. The monoisotopic (exact) mass is 258 g/mol. The zero-order valence-electron chi connectivity index (χ0n) is 11.6. The maximum Gasteiger partial charge on any atom is 0.187 e. The van der Waals surface area contributed by atoms with Crippen molar-refractivity contribution in [1.82, 2.24) is 0 Å². The normalized spacial score (nSPS) is 49.5.